The number of carboxylic acids is 1. The lowest BCUT2D eigenvalue weighted by atomic mass is 9.97. The van der Waals surface area contributed by atoms with Crippen molar-refractivity contribution in [2.24, 2.45) is 0 Å². The number of aliphatic carboxylic acids is 1. The predicted octanol–water partition coefficient (Wildman–Crippen LogP) is 0.226. The van der Waals surface area contributed by atoms with Gasteiger partial charge in [-0.05, 0) is 17.7 Å². The number of phenols is 2. The first kappa shape index (κ1) is 15.3. The maximum atomic E-state index is 11.4. The van der Waals surface area contributed by atoms with E-state index in [4.69, 9.17) is 5.11 Å². The fourth-order valence-corrected chi connectivity index (χ4v) is 1.61. The lowest BCUT2D eigenvalue weighted by Crippen LogP contribution is -2.23. The van der Waals surface area contributed by atoms with Crippen molar-refractivity contribution in [3.05, 3.63) is 23.3 Å². The smallest absolute Gasteiger partial charge is 0.345 e. The monoisotopic (exact) mass is 284 g/mol. The third-order valence-electron chi connectivity index (χ3n) is 2.53. The molecular weight excluding hydrogens is 272 g/mol. The van der Waals surface area contributed by atoms with Crippen LogP contribution in [-0.2, 0) is 19.1 Å². The van der Waals surface area contributed by atoms with Gasteiger partial charge in [0.15, 0.2) is 5.92 Å². The summed E-state index contributed by atoms with van der Waals surface area (Å²) in [6.45, 7) is 0. The lowest BCUT2D eigenvalue weighted by molar-refractivity contribution is -0.152. The summed E-state index contributed by atoms with van der Waals surface area (Å²) in [6.07, 6.45) is 0. The number of ether oxygens (including phenoxy) is 2. The lowest BCUT2D eigenvalue weighted by Gasteiger charge is -2.13. The average molecular weight is 284 g/mol. The molecule has 0 aliphatic rings. The Labute approximate surface area is 113 Å². The summed E-state index contributed by atoms with van der Waals surface area (Å²) >= 11 is 0. The molecule has 20 heavy (non-hydrogen) atoms. The first-order valence-corrected chi connectivity index (χ1v) is 5.28. The highest BCUT2D eigenvalue weighted by Crippen LogP contribution is 2.33. The molecule has 0 aromatic heterocycles. The molecule has 0 radical (unpaired) electrons. The van der Waals surface area contributed by atoms with Gasteiger partial charge < -0.3 is 24.8 Å². The second-order valence-electron chi connectivity index (χ2n) is 3.72. The fourth-order valence-electron chi connectivity index (χ4n) is 1.61. The Bertz CT molecular complexity index is 540. The summed E-state index contributed by atoms with van der Waals surface area (Å²) in [7, 11) is 2.05. The molecule has 0 saturated carbocycles. The van der Waals surface area contributed by atoms with E-state index in [2.05, 4.69) is 9.47 Å². The van der Waals surface area contributed by atoms with E-state index in [0.29, 0.717) is 0 Å². The summed E-state index contributed by atoms with van der Waals surface area (Å²) in [5.74, 6) is -6.76. The van der Waals surface area contributed by atoms with Gasteiger partial charge in [-0.15, -0.1) is 0 Å². The standard InChI is InChI=1S/C12H12O8/c1-19-11(17)8(10(15)16)5-3-6(13)9(7(14)4-5)12(18)20-2/h3-4,8,13-14H,1-2H3,(H,15,16). The highest BCUT2D eigenvalue weighted by atomic mass is 16.5. The predicted molar refractivity (Wildman–Crippen MR) is 63.5 cm³/mol. The van der Waals surface area contributed by atoms with Gasteiger partial charge in [-0.3, -0.25) is 9.59 Å². The zero-order valence-electron chi connectivity index (χ0n) is 10.6. The Morgan fingerprint density at radius 1 is 1.05 bits per heavy atom. The summed E-state index contributed by atoms with van der Waals surface area (Å²) in [5, 5.41) is 28.3. The average Bonchev–Trinajstić information content (AvgIpc) is 2.37. The van der Waals surface area contributed by atoms with Crippen molar-refractivity contribution in [2.45, 2.75) is 5.92 Å². The van der Waals surface area contributed by atoms with E-state index in [1.165, 1.54) is 0 Å². The number of esters is 2. The van der Waals surface area contributed by atoms with E-state index >= 15 is 0 Å². The molecule has 3 N–H and O–H groups in total. The zero-order chi connectivity index (χ0) is 15.4. The molecule has 0 heterocycles. The number of methoxy groups -OCH3 is 2. The van der Waals surface area contributed by atoms with Crippen LogP contribution in [0.25, 0.3) is 0 Å². The van der Waals surface area contributed by atoms with Crippen LogP contribution in [0.1, 0.15) is 21.8 Å². The number of phenolic OH excluding ortho intramolecular Hbond substituents is 2. The van der Waals surface area contributed by atoms with Crippen molar-refractivity contribution in [1.29, 1.82) is 0 Å². The summed E-state index contributed by atoms with van der Waals surface area (Å²) in [4.78, 5) is 33.7. The Morgan fingerprint density at radius 2 is 1.55 bits per heavy atom. The van der Waals surface area contributed by atoms with Gasteiger partial charge in [0.05, 0.1) is 14.2 Å². The Morgan fingerprint density at radius 3 is 1.90 bits per heavy atom. The molecular formula is C12H12O8. The minimum Gasteiger partial charge on any atom is -0.507 e. The number of hydrogen-bond donors (Lipinski definition) is 3. The second-order valence-corrected chi connectivity index (χ2v) is 3.72. The van der Waals surface area contributed by atoms with Gasteiger partial charge in [0.25, 0.3) is 0 Å². The molecule has 0 bridgehead atoms. The van der Waals surface area contributed by atoms with Crippen molar-refractivity contribution >= 4 is 17.9 Å². The van der Waals surface area contributed by atoms with E-state index < -0.39 is 40.9 Å². The largest absolute Gasteiger partial charge is 0.507 e. The summed E-state index contributed by atoms with van der Waals surface area (Å²) in [6, 6.07) is 1.75. The minimum atomic E-state index is -1.73. The normalized spacial score (nSPS) is 11.5. The molecule has 108 valence electrons. The van der Waals surface area contributed by atoms with Crippen LogP contribution in [-0.4, -0.2) is 47.4 Å². The first-order valence-electron chi connectivity index (χ1n) is 5.28. The van der Waals surface area contributed by atoms with E-state index in [1.54, 1.807) is 0 Å². The van der Waals surface area contributed by atoms with Gasteiger partial charge in [0, 0.05) is 0 Å². The highest BCUT2D eigenvalue weighted by Gasteiger charge is 2.31. The second kappa shape index (κ2) is 5.91. The van der Waals surface area contributed by atoms with Crippen molar-refractivity contribution in [1.82, 2.24) is 0 Å². The van der Waals surface area contributed by atoms with Crippen LogP contribution in [0.4, 0.5) is 0 Å². The number of aromatic hydroxyl groups is 2. The van der Waals surface area contributed by atoms with Crippen LogP contribution in [0, 0.1) is 0 Å². The van der Waals surface area contributed by atoms with E-state index in [-0.39, 0.29) is 5.56 Å². The number of benzene rings is 1. The molecule has 8 nitrogen and oxygen atoms in total. The Balaban J connectivity index is 3.38. The molecule has 0 amide bonds. The molecule has 1 aromatic rings. The van der Waals surface area contributed by atoms with Gasteiger partial charge in [0.2, 0.25) is 0 Å². The third kappa shape index (κ3) is 2.79. The van der Waals surface area contributed by atoms with Gasteiger partial charge >= 0.3 is 17.9 Å². The van der Waals surface area contributed by atoms with Gasteiger partial charge in [-0.1, -0.05) is 0 Å². The quantitative estimate of drug-likeness (QED) is 0.529. The van der Waals surface area contributed by atoms with Crippen LogP contribution in [0.5, 0.6) is 11.5 Å². The molecule has 1 unspecified atom stereocenters. The number of carbonyl (C=O) groups excluding carboxylic acids is 2. The van der Waals surface area contributed by atoms with Crippen LogP contribution in [0.15, 0.2) is 12.1 Å². The van der Waals surface area contributed by atoms with Gasteiger partial charge in [-0.2, -0.15) is 0 Å². The summed E-state index contributed by atoms with van der Waals surface area (Å²) in [5.41, 5.74) is -0.753. The minimum absolute atomic E-state index is 0.230. The molecule has 1 aromatic carbocycles. The molecule has 8 heteroatoms. The molecule has 1 rings (SSSR count). The molecule has 0 saturated heterocycles. The Hall–Kier alpha value is -2.77. The molecule has 0 spiro atoms. The van der Waals surface area contributed by atoms with Gasteiger partial charge in [0.1, 0.15) is 17.1 Å². The number of carboxylic acid groups (broad SMARTS) is 1. The maximum absolute atomic E-state index is 11.4. The SMILES string of the molecule is COC(=O)c1c(O)cc(C(C(=O)O)C(=O)OC)cc1O. The van der Waals surface area contributed by atoms with Crippen LogP contribution in [0.2, 0.25) is 0 Å². The third-order valence-corrected chi connectivity index (χ3v) is 2.53. The topological polar surface area (TPSA) is 130 Å². The highest BCUT2D eigenvalue weighted by molar-refractivity contribution is 6.01. The van der Waals surface area contributed by atoms with Gasteiger partial charge in [-0.25, -0.2) is 4.79 Å². The van der Waals surface area contributed by atoms with Crippen molar-refractivity contribution in [2.75, 3.05) is 14.2 Å². The van der Waals surface area contributed by atoms with E-state index in [0.717, 1.165) is 26.4 Å². The fraction of sp³-hybridized carbons (Fsp3) is 0.250. The Kier molecular flexibility index (Phi) is 4.52. The van der Waals surface area contributed by atoms with Crippen molar-refractivity contribution in [3.8, 4) is 11.5 Å². The van der Waals surface area contributed by atoms with Crippen molar-refractivity contribution in [3.63, 3.8) is 0 Å². The van der Waals surface area contributed by atoms with Crippen LogP contribution in [0.3, 0.4) is 0 Å². The molecule has 0 aliphatic carbocycles. The zero-order valence-corrected chi connectivity index (χ0v) is 10.6. The molecule has 0 aliphatic heterocycles. The number of hydrogen-bond acceptors (Lipinski definition) is 7. The van der Waals surface area contributed by atoms with E-state index in [1.807, 2.05) is 0 Å². The molecule has 1 atom stereocenters. The summed E-state index contributed by atoms with van der Waals surface area (Å²) < 4.78 is 8.68. The van der Waals surface area contributed by atoms with Crippen LogP contribution < -0.4 is 0 Å². The van der Waals surface area contributed by atoms with Crippen LogP contribution >= 0.6 is 0 Å². The maximum Gasteiger partial charge on any atom is 0.345 e. The van der Waals surface area contributed by atoms with E-state index in [9.17, 15) is 24.6 Å². The molecule has 0 fully saturated rings. The number of carbonyl (C=O) groups is 3. The van der Waals surface area contributed by atoms with Crippen molar-refractivity contribution < 1.29 is 39.2 Å². The number of rotatable bonds is 4. The first-order chi connectivity index (χ1) is 9.33.